The summed E-state index contributed by atoms with van der Waals surface area (Å²) in [7, 11) is 0. The van der Waals surface area contributed by atoms with Crippen molar-refractivity contribution in [1.82, 2.24) is 15.5 Å². The van der Waals surface area contributed by atoms with Crippen LogP contribution in [0.25, 0.3) is 0 Å². The van der Waals surface area contributed by atoms with Crippen LogP contribution in [0.5, 0.6) is 0 Å². The zero-order chi connectivity index (χ0) is 30.0. The molecule has 5 fully saturated rings. The third kappa shape index (κ3) is 4.65. The number of aliphatic hydroxyl groups is 2. The molecule has 3 amide bonds. The van der Waals surface area contributed by atoms with E-state index in [4.69, 9.17) is 5.73 Å². The van der Waals surface area contributed by atoms with Gasteiger partial charge in [0.25, 0.3) is 11.8 Å². The van der Waals surface area contributed by atoms with Gasteiger partial charge in [0.15, 0.2) is 0 Å². The van der Waals surface area contributed by atoms with E-state index in [9.17, 15) is 24.6 Å². The smallest absolute Gasteiger partial charge is 0.269 e. The molecule has 4 aliphatic carbocycles. The van der Waals surface area contributed by atoms with Crippen LogP contribution in [0.15, 0.2) is 11.3 Å². The lowest BCUT2D eigenvalue weighted by Gasteiger charge is -2.63. The number of aliphatic hydroxyl groups excluding tert-OH is 2. The quantitative estimate of drug-likeness (QED) is 0.223. The van der Waals surface area contributed by atoms with Gasteiger partial charge in [-0.1, -0.05) is 26.7 Å². The van der Waals surface area contributed by atoms with Crippen LogP contribution in [0.3, 0.4) is 0 Å². The molecule has 234 valence electrons. The summed E-state index contributed by atoms with van der Waals surface area (Å²) in [5, 5.41) is 28.0. The van der Waals surface area contributed by atoms with Crippen molar-refractivity contribution < 1.29 is 24.6 Å². The van der Waals surface area contributed by atoms with Crippen LogP contribution in [-0.4, -0.2) is 68.9 Å². The first-order valence-corrected chi connectivity index (χ1v) is 17.4. The van der Waals surface area contributed by atoms with E-state index in [1.165, 1.54) is 24.2 Å². The van der Waals surface area contributed by atoms with Gasteiger partial charge in [-0.15, -0.1) is 11.8 Å². The normalized spacial score (nSPS) is 44.4. The SMILES string of the molecule is CC1=C(C(=O)NCN)N2C(=O)C(NC(=O)CCCC3CCC4C5C(O)C(O)C6CCCCC6(C)C5CCC34C)C2SC1. The first kappa shape index (κ1) is 30.4. The summed E-state index contributed by atoms with van der Waals surface area (Å²) in [6, 6.07) is -0.607. The molecule has 0 radical (unpaired) electrons. The van der Waals surface area contributed by atoms with Crippen LogP contribution in [-0.2, 0) is 14.4 Å². The second kappa shape index (κ2) is 11.4. The molecule has 0 spiro atoms. The third-order valence-electron chi connectivity index (χ3n) is 12.8. The number of fused-ring (bicyclic) bond motifs is 6. The summed E-state index contributed by atoms with van der Waals surface area (Å²) >= 11 is 1.57. The molecule has 9 nitrogen and oxygen atoms in total. The number of rotatable bonds is 7. The van der Waals surface area contributed by atoms with E-state index in [1.54, 1.807) is 11.8 Å². The van der Waals surface area contributed by atoms with Crippen molar-refractivity contribution in [2.24, 2.45) is 46.2 Å². The van der Waals surface area contributed by atoms with Crippen molar-refractivity contribution >= 4 is 29.5 Å². The summed E-state index contributed by atoms with van der Waals surface area (Å²) in [4.78, 5) is 39.9. The molecule has 0 aromatic rings. The van der Waals surface area contributed by atoms with E-state index >= 15 is 0 Å². The molecule has 10 heteroatoms. The van der Waals surface area contributed by atoms with Crippen LogP contribution in [0.2, 0.25) is 0 Å². The van der Waals surface area contributed by atoms with E-state index in [2.05, 4.69) is 24.5 Å². The van der Waals surface area contributed by atoms with Crippen LogP contribution in [0.1, 0.15) is 91.4 Å². The molecule has 42 heavy (non-hydrogen) atoms. The minimum absolute atomic E-state index is 0.0000234. The highest BCUT2D eigenvalue weighted by atomic mass is 32.2. The number of hydrogen-bond donors (Lipinski definition) is 5. The molecule has 2 aliphatic heterocycles. The predicted octanol–water partition coefficient (Wildman–Crippen LogP) is 2.85. The molecule has 0 aromatic carbocycles. The minimum atomic E-state index is -0.627. The summed E-state index contributed by atoms with van der Waals surface area (Å²) in [6.07, 6.45) is 9.97. The van der Waals surface area contributed by atoms with Gasteiger partial charge in [-0.2, -0.15) is 0 Å². The van der Waals surface area contributed by atoms with Gasteiger partial charge in [0.2, 0.25) is 5.91 Å². The van der Waals surface area contributed by atoms with Crippen molar-refractivity contribution in [2.75, 3.05) is 12.4 Å². The van der Waals surface area contributed by atoms with E-state index in [0.717, 1.165) is 50.5 Å². The van der Waals surface area contributed by atoms with Crippen molar-refractivity contribution in [3.8, 4) is 0 Å². The Morgan fingerprint density at radius 2 is 1.79 bits per heavy atom. The Morgan fingerprint density at radius 1 is 1.02 bits per heavy atom. The maximum absolute atomic E-state index is 13.0. The number of carbonyl (C=O) groups excluding carboxylic acids is 3. The monoisotopic (exact) mass is 602 g/mol. The average Bonchev–Trinajstić information content (AvgIpc) is 3.30. The van der Waals surface area contributed by atoms with Crippen molar-refractivity contribution in [1.29, 1.82) is 0 Å². The summed E-state index contributed by atoms with van der Waals surface area (Å²) in [5.74, 6) is 1.72. The van der Waals surface area contributed by atoms with E-state index in [1.807, 2.05) is 6.92 Å². The molecule has 4 saturated carbocycles. The lowest BCUT2D eigenvalue weighted by atomic mass is 9.43. The standard InChI is InChI=1S/C32H50N4O5S/c1-17-15-42-30-24(29(41)36(30)25(17)28(40)34-16-33)35-22(37)9-6-7-18-10-11-19-23-20(12-14-31(18,19)2)32(3)13-5-4-8-21(32)26(38)27(23)39/h18-21,23-24,26-27,30,38-39H,4-16,33H2,1-3H3,(H,34,40)(H,35,37). The second-order valence-electron chi connectivity index (χ2n) is 14.6. The van der Waals surface area contributed by atoms with Gasteiger partial charge in [-0.05, 0) is 104 Å². The molecule has 11 unspecified atom stereocenters. The molecule has 1 saturated heterocycles. The highest BCUT2D eigenvalue weighted by molar-refractivity contribution is 8.00. The van der Waals surface area contributed by atoms with Gasteiger partial charge < -0.3 is 26.6 Å². The number of amides is 3. The number of nitrogens with one attached hydrogen (secondary N) is 2. The number of carbonyl (C=O) groups is 3. The van der Waals surface area contributed by atoms with E-state index < -0.39 is 18.2 Å². The predicted molar refractivity (Wildman–Crippen MR) is 161 cm³/mol. The number of hydrogen-bond acceptors (Lipinski definition) is 7. The Balaban J connectivity index is 1.04. The second-order valence-corrected chi connectivity index (χ2v) is 15.7. The molecule has 6 N–H and O–H groups in total. The first-order chi connectivity index (χ1) is 20.0. The fourth-order valence-electron chi connectivity index (χ4n) is 10.6. The van der Waals surface area contributed by atoms with Crippen LogP contribution in [0, 0.1) is 40.4 Å². The van der Waals surface area contributed by atoms with Gasteiger partial charge in [0, 0.05) is 12.2 Å². The maximum atomic E-state index is 13.0. The van der Waals surface area contributed by atoms with Gasteiger partial charge in [-0.3, -0.25) is 19.3 Å². The lowest BCUT2D eigenvalue weighted by molar-refractivity contribution is -0.214. The Bertz CT molecular complexity index is 1150. The summed E-state index contributed by atoms with van der Waals surface area (Å²) in [5.41, 5.74) is 6.93. The number of thioether (sulfide) groups is 1. The van der Waals surface area contributed by atoms with Gasteiger partial charge in [0.1, 0.15) is 17.1 Å². The Morgan fingerprint density at radius 3 is 2.55 bits per heavy atom. The molecular weight excluding hydrogens is 552 g/mol. The molecule has 2 heterocycles. The first-order valence-electron chi connectivity index (χ1n) is 16.3. The molecule has 0 bridgehead atoms. The molecule has 0 aromatic heterocycles. The maximum Gasteiger partial charge on any atom is 0.269 e. The molecule has 6 aliphatic rings. The zero-order valence-corrected chi connectivity index (χ0v) is 26.3. The van der Waals surface area contributed by atoms with Crippen molar-refractivity contribution in [2.45, 2.75) is 115 Å². The molecule has 6 rings (SSSR count). The fraction of sp³-hybridized carbons (Fsp3) is 0.844. The van der Waals surface area contributed by atoms with Crippen molar-refractivity contribution in [3.63, 3.8) is 0 Å². The van der Waals surface area contributed by atoms with E-state index in [0.29, 0.717) is 35.6 Å². The van der Waals surface area contributed by atoms with Gasteiger partial charge in [0.05, 0.1) is 18.9 Å². The summed E-state index contributed by atoms with van der Waals surface area (Å²) < 4.78 is 0. The molecule has 11 atom stereocenters. The molecular formula is C32H50N4O5S. The third-order valence-corrected chi connectivity index (χ3v) is 14.2. The van der Waals surface area contributed by atoms with Crippen LogP contribution in [0.4, 0.5) is 0 Å². The Kier molecular flexibility index (Phi) is 8.24. The Hall–Kier alpha value is -1.62. The zero-order valence-electron chi connectivity index (χ0n) is 25.4. The minimum Gasteiger partial charge on any atom is -0.390 e. The van der Waals surface area contributed by atoms with Crippen LogP contribution < -0.4 is 16.4 Å². The number of nitrogens with two attached hydrogens (primary N) is 1. The highest BCUT2D eigenvalue weighted by Crippen LogP contribution is 2.68. The average molecular weight is 603 g/mol. The van der Waals surface area contributed by atoms with Gasteiger partial charge >= 0.3 is 0 Å². The summed E-state index contributed by atoms with van der Waals surface area (Å²) in [6.45, 7) is 6.66. The lowest BCUT2D eigenvalue weighted by Crippen LogP contribution is -2.71. The van der Waals surface area contributed by atoms with Gasteiger partial charge in [-0.25, -0.2) is 0 Å². The topological polar surface area (TPSA) is 145 Å². The number of nitrogens with zero attached hydrogens (tertiary/aromatic N) is 1. The highest BCUT2D eigenvalue weighted by Gasteiger charge is 2.64. The Labute approximate surface area is 254 Å². The fourth-order valence-corrected chi connectivity index (χ4v) is 11.9. The largest absolute Gasteiger partial charge is 0.390 e. The van der Waals surface area contributed by atoms with E-state index in [-0.39, 0.29) is 52.4 Å². The van der Waals surface area contributed by atoms with Crippen molar-refractivity contribution in [3.05, 3.63) is 11.3 Å². The number of β-lactam (4-membered cyclic amide) rings is 1. The van der Waals surface area contributed by atoms with Crippen LogP contribution >= 0.6 is 11.8 Å².